The Labute approximate surface area is 120 Å². The zero-order valence-corrected chi connectivity index (χ0v) is 12.5. The van der Waals surface area contributed by atoms with Crippen molar-refractivity contribution in [1.29, 1.82) is 5.26 Å². The van der Waals surface area contributed by atoms with Crippen LogP contribution in [0.3, 0.4) is 0 Å². The number of aldehydes is 1. The van der Waals surface area contributed by atoms with Crippen molar-refractivity contribution in [2.75, 3.05) is 7.11 Å². The molecule has 0 aromatic carbocycles. The Morgan fingerprint density at radius 1 is 1.60 bits per heavy atom. The highest BCUT2D eigenvalue weighted by atomic mass is 16.5. The molecule has 0 heterocycles. The van der Waals surface area contributed by atoms with Crippen molar-refractivity contribution in [3.8, 4) is 6.07 Å². The van der Waals surface area contributed by atoms with Crippen LogP contribution in [-0.2, 0) is 14.3 Å². The largest absolute Gasteiger partial charge is 0.469 e. The maximum atomic E-state index is 11.6. The first-order valence-electron chi connectivity index (χ1n) is 6.98. The van der Waals surface area contributed by atoms with E-state index >= 15 is 0 Å². The average Bonchev–Trinajstić information content (AvgIpc) is 2.48. The summed E-state index contributed by atoms with van der Waals surface area (Å²) in [6, 6.07) is 2.20. The van der Waals surface area contributed by atoms with Crippen molar-refractivity contribution in [1.82, 2.24) is 0 Å². The van der Waals surface area contributed by atoms with Gasteiger partial charge in [-0.05, 0) is 36.5 Å². The van der Waals surface area contributed by atoms with Crippen LogP contribution in [-0.4, -0.2) is 19.4 Å². The molecule has 4 nitrogen and oxygen atoms in total. The summed E-state index contributed by atoms with van der Waals surface area (Å²) in [6.07, 6.45) is 4.64. The summed E-state index contributed by atoms with van der Waals surface area (Å²) >= 11 is 0. The van der Waals surface area contributed by atoms with Gasteiger partial charge in [0, 0.05) is 6.42 Å². The third-order valence-electron chi connectivity index (χ3n) is 5.15. The monoisotopic (exact) mass is 277 g/mol. The summed E-state index contributed by atoms with van der Waals surface area (Å²) < 4.78 is 4.67. The van der Waals surface area contributed by atoms with E-state index < -0.39 is 5.41 Å². The van der Waals surface area contributed by atoms with Gasteiger partial charge in [-0.1, -0.05) is 19.9 Å². The van der Waals surface area contributed by atoms with Crippen LogP contribution >= 0.6 is 0 Å². The van der Waals surface area contributed by atoms with E-state index in [2.05, 4.69) is 24.3 Å². The highest BCUT2D eigenvalue weighted by Gasteiger charge is 2.53. The minimum Gasteiger partial charge on any atom is -0.469 e. The van der Waals surface area contributed by atoms with E-state index in [1.54, 1.807) is 0 Å². The van der Waals surface area contributed by atoms with E-state index in [-0.39, 0.29) is 23.7 Å². The zero-order valence-electron chi connectivity index (χ0n) is 12.5. The number of hydrogen-bond donors (Lipinski definition) is 0. The van der Waals surface area contributed by atoms with Gasteiger partial charge in [0.1, 0.15) is 11.7 Å². The number of carbonyl (C=O) groups is 2. The number of nitriles is 1. The van der Waals surface area contributed by atoms with Crippen molar-refractivity contribution >= 4 is 12.3 Å². The molecule has 110 valence electrons. The molecule has 1 saturated carbocycles. The standard InChI is InChI=1S/C16H23NO3/c1-5-15(3)12(2)8-9-16(10-17,11-18)13(15)6-7-14(19)20-4/h5,11-13H,1,6-9H2,2-4H3/t12-,13-,15+,16-/m1/s1. The molecule has 4 heteroatoms. The maximum absolute atomic E-state index is 11.6. The van der Waals surface area contributed by atoms with Gasteiger partial charge in [-0.15, -0.1) is 6.58 Å². The molecule has 4 atom stereocenters. The maximum Gasteiger partial charge on any atom is 0.305 e. The second kappa shape index (κ2) is 6.21. The number of esters is 1. The van der Waals surface area contributed by atoms with E-state index in [1.165, 1.54) is 7.11 Å². The van der Waals surface area contributed by atoms with Gasteiger partial charge in [0.15, 0.2) is 0 Å². The molecule has 0 spiro atoms. The Hall–Kier alpha value is -1.63. The van der Waals surface area contributed by atoms with Crippen LogP contribution in [0.25, 0.3) is 0 Å². The molecule has 1 aliphatic carbocycles. The summed E-state index contributed by atoms with van der Waals surface area (Å²) in [5.41, 5.74) is -1.35. The Morgan fingerprint density at radius 3 is 2.70 bits per heavy atom. The highest BCUT2D eigenvalue weighted by Crippen LogP contribution is 2.55. The lowest BCUT2D eigenvalue weighted by molar-refractivity contribution is -0.142. The highest BCUT2D eigenvalue weighted by molar-refractivity contribution is 5.70. The molecule has 0 aromatic rings. The molecule has 0 amide bonds. The number of methoxy groups -OCH3 is 1. The zero-order chi connectivity index (χ0) is 15.4. The lowest BCUT2D eigenvalue weighted by Crippen LogP contribution is -2.48. The number of rotatable bonds is 5. The fourth-order valence-corrected chi connectivity index (χ4v) is 3.42. The number of nitrogens with zero attached hydrogens (tertiary/aromatic N) is 1. The minimum absolute atomic E-state index is 0.210. The van der Waals surface area contributed by atoms with Gasteiger partial charge in [0.05, 0.1) is 13.2 Å². The number of allylic oxidation sites excluding steroid dienone is 1. The molecular formula is C16H23NO3. The number of ether oxygens (including phenoxy) is 1. The molecule has 1 rings (SSSR count). The van der Waals surface area contributed by atoms with Crippen molar-refractivity contribution in [2.45, 2.75) is 39.5 Å². The summed E-state index contributed by atoms with van der Waals surface area (Å²) in [5.74, 6) is -0.200. The van der Waals surface area contributed by atoms with Crippen molar-refractivity contribution in [2.24, 2.45) is 22.7 Å². The quantitative estimate of drug-likeness (QED) is 0.440. The Kier molecular flexibility index (Phi) is 5.10. The van der Waals surface area contributed by atoms with Crippen molar-refractivity contribution in [3.05, 3.63) is 12.7 Å². The van der Waals surface area contributed by atoms with Crippen LogP contribution in [0.2, 0.25) is 0 Å². The van der Waals surface area contributed by atoms with Gasteiger partial charge in [-0.25, -0.2) is 0 Å². The van der Waals surface area contributed by atoms with E-state index in [1.807, 2.05) is 13.0 Å². The fraction of sp³-hybridized carbons (Fsp3) is 0.688. The van der Waals surface area contributed by atoms with Crippen LogP contribution in [0, 0.1) is 34.0 Å². The van der Waals surface area contributed by atoms with Gasteiger partial charge < -0.3 is 9.53 Å². The Balaban J connectivity index is 3.15. The van der Waals surface area contributed by atoms with Crippen LogP contribution in [0.4, 0.5) is 0 Å². The van der Waals surface area contributed by atoms with Gasteiger partial charge in [0.25, 0.3) is 0 Å². The first kappa shape index (κ1) is 16.4. The predicted octanol–water partition coefficient (Wildman–Crippen LogP) is 2.89. The molecule has 0 aliphatic heterocycles. The van der Waals surface area contributed by atoms with Crippen molar-refractivity contribution in [3.63, 3.8) is 0 Å². The minimum atomic E-state index is -1.02. The van der Waals surface area contributed by atoms with Gasteiger partial charge in [-0.2, -0.15) is 5.26 Å². The van der Waals surface area contributed by atoms with Crippen LogP contribution in [0.1, 0.15) is 39.5 Å². The molecule has 1 fully saturated rings. The van der Waals surface area contributed by atoms with E-state index in [9.17, 15) is 14.9 Å². The first-order chi connectivity index (χ1) is 9.40. The van der Waals surface area contributed by atoms with Gasteiger partial charge >= 0.3 is 5.97 Å². The molecule has 0 bridgehead atoms. The van der Waals surface area contributed by atoms with Crippen LogP contribution in [0.5, 0.6) is 0 Å². The third kappa shape index (κ3) is 2.63. The molecule has 0 aromatic heterocycles. The van der Waals surface area contributed by atoms with Crippen LogP contribution in [0.15, 0.2) is 12.7 Å². The fourth-order valence-electron chi connectivity index (χ4n) is 3.42. The summed E-state index contributed by atoms with van der Waals surface area (Å²) in [6.45, 7) is 8.04. The topological polar surface area (TPSA) is 67.2 Å². The number of hydrogen-bond acceptors (Lipinski definition) is 4. The molecule has 20 heavy (non-hydrogen) atoms. The first-order valence-corrected chi connectivity index (χ1v) is 6.98. The Morgan fingerprint density at radius 2 is 2.25 bits per heavy atom. The second-order valence-corrected chi connectivity index (χ2v) is 5.95. The molecule has 0 radical (unpaired) electrons. The van der Waals surface area contributed by atoms with Gasteiger partial charge in [-0.3, -0.25) is 4.79 Å². The van der Waals surface area contributed by atoms with Gasteiger partial charge in [0.2, 0.25) is 0 Å². The summed E-state index contributed by atoms with van der Waals surface area (Å²) in [7, 11) is 1.34. The predicted molar refractivity (Wildman–Crippen MR) is 75.6 cm³/mol. The molecule has 0 unspecified atom stereocenters. The van der Waals surface area contributed by atoms with Crippen molar-refractivity contribution < 1.29 is 14.3 Å². The van der Waals surface area contributed by atoms with E-state index in [4.69, 9.17) is 0 Å². The SMILES string of the molecule is C=C[C@@]1(C)[C@H](C)CC[C@@](C#N)(C=O)[C@@H]1CCC(=O)OC. The number of carbonyl (C=O) groups excluding carboxylic acids is 2. The van der Waals surface area contributed by atoms with Crippen LogP contribution < -0.4 is 0 Å². The Bertz CT molecular complexity index is 439. The second-order valence-electron chi connectivity index (χ2n) is 5.95. The molecule has 0 N–H and O–H groups in total. The van der Waals surface area contributed by atoms with E-state index in [0.29, 0.717) is 18.8 Å². The molecule has 1 aliphatic rings. The average molecular weight is 277 g/mol. The molecule has 0 saturated heterocycles. The lowest BCUT2D eigenvalue weighted by atomic mass is 9.51. The lowest BCUT2D eigenvalue weighted by Gasteiger charge is -2.50. The molecular weight excluding hydrogens is 254 g/mol. The van der Waals surface area contributed by atoms with E-state index in [0.717, 1.165) is 12.7 Å². The summed E-state index contributed by atoms with van der Waals surface area (Å²) in [4.78, 5) is 23.0. The third-order valence-corrected chi connectivity index (χ3v) is 5.15. The normalized spacial score (nSPS) is 36.7. The summed E-state index contributed by atoms with van der Waals surface area (Å²) in [5, 5.41) is 9.52. The smallest absolute Gasteiger partial charge is 0.305 e.